The third-order valence-corrected chi connectivity index (χ3v) is 2.47. The molecule has 0 fully saturated rings. The first-order chi connectivity index (χ1) is 6.79. The van der Waals surface area contributed by atoms with Crippen LogP contribution in [0.15, 0.2) is 30.0 Å². The summed E-state index contributed by atoms with van der Waals surface area (Å²) < 4.78 is 5.50. The van der Waals surface area contributed by atoms with Gasteiger partial charge in [-0.2, -0.15) is 0 Å². The first-order valence-corrected chi connectivity index (χ1v) is 4.98. The molecule has 14 heavy (non-hydrogen) atoms. The zero-order chi connectivity index (χ0) is 9.97. The van der Waals surface area contributed by atoms with Gasteiger partial charge in [0.2, 0.25) is 0 Å². The number of anilines is 1. The number of benzene rings is 1. The van der Waals surface area contributed by atoms with Crippen molar-refractivity contribution in [1.29, 1.82) is 0 Å². The number of allylic oxidation sites excluding steroid dienone is 2. The molecule has 0 saturated carbocycles. The molecule has 0 atom stereocenters. The molecule has 2 rings (SSSR count). The fourth-order valence-electron chi connectivity index (χ4n) is 1.79. The van der Waals surface area contributed by atoms with Crippen molar-refractivity contribution >= 4 is 5.69 Å². The molecule has 0 saturated heterocycles. The Hall–Kier alpha value is -1.44. The van der Waals surface area contributed by atoms with E-state index in [0.29, 0.717) is 0 Å². The molecule has 2 N–H and O–H groups in total. The molecule has 2 heteroatoms. The van der Waals surface area contributed by atoms with Crippen molar-refractivity contribution in [3.8, 4) is 0 Å². The normalized spacial score (nSPS) is 14.5. The van der Waals surface area contributed by atoms with Crippen LogP contribution in [-0.2, 0) is 17.6 Å². The molecule has 2 nitrogen and oxygen atoms in total. The zero-order valence-electron chi connectivity index (χ0n) is 8.42. The van der Waals surface area contributed by atoms with Crippen molar-refractivity contribution in [2.75, 3.05) is 12.3 Å². The topological polar surface area (TPSA) is 35.2 Å². The first-order valence-electron chi connectivity index (χ1n) is 4.98. The molecule has 1 aliphatic carbocycles. The molecule has 0 unspecified atom stereocenters. The van der Waals surface area contributed by atoms with Gasteiger partial charge in [-0.25, -0.2) is 0 Å². The van der Waals surface area contributed by atoms with E-state index in [1.54, 1.807) is 0 Å². The SMILES string of the molecule is CCOC1=CCc2cc(N)ccc2C1. The highest BCUT2D eigenvalue weighted by atomic mass is 16.5. The maximum atomic E-state index is 5.72. The van der Waals surface area contributed by atoms with Crippen molar-refractivity contribution in [1.82, 2.24) is 0 Å². The van der Waals surface area contributed by atoms with E-state index < -0.39 is 0 Å². The van der Waals surface area contributed by atoms with Crippen molar-refractivity contribution < 1.29 is 4.74 Å². The van der Waals surface area contributed by atoms with E-state index in [4.69, 9.17) is 10.5 Å². The maximum absolute atomic E-state index is 5.72. The fraction of sp³-hybridized carbons (Fsp3) is 0.333. The molecule has 0 heterocycles. The fourth-order valence-corrected chi connectivity index (χ4v) is 1.79. The number of nitrogen functional groups attached to an aromatic ring is 1. The quantitative estimate of drug-likeness (QED) is 0.724. The maximum Gasteiger partial charge on any atom is 0.0967 e. The van der Waals surface area contributed by atoms with Gasteiger partial charge in [0.1, 0.15) is 0 Å². The largest absolute Gasteiger partial charge is 0.498 e. The van der Waals surface area contributed by atoms with Crippen LogP contribution in [0.25, 0.3) is 0 Å². The summed E-state index contributed by atoms with van der Waals surface area (Å²) in [5.41, 5.74) is 9.23. The molecule has 0 amide bonds. The van der Waals surface area contributed by atoms with Gasteiger partial charge >= 0.3 is 0 Å². The Morgan fingerprint density at radius 3 is 3.00 bits per heavy atom. The van der Waals surface area contributed by atoms with E-state index in [9.17, 15) is 0 Å². The van der Waals surface area contributed by atoms with Crippen LogP contribution in [-0.4, -0.2) is 6.61 Å². The lowest BCUT2D eigenvalue weighted by molar-refractivity contribution is 0.220. The van der Waals surface area contributed by atoms with E-state index in [1.807, 2.05) is 13.0 Å². The number of ether oxygens (including phenoxy) is 1. The van der Waals surface area contributed by atoms with Crippen molar-refractivity contribution in [2.24, 2.45) is 0 Å². The van der Waals surface area contributed by atoms with Gasteiger partial charge in [-0.3, -0.25) is 0 Å². The first kappa shape index (κ1) is 9.13. The second-order valence-electron chi connectivity index (χ2n) is 3.51. The minimum Gasteiger partial charge on any atom is -0.498 e. The van der Waals surface area contributed by atoms with Gasteiger partial charge in [-0.05, 0) is 42.7 Å². The van der Waals surface area contributed by atoms with E-state index >= 15 is 0 Å². The number of hydrogen-bond acceptors (Lipinski definition) is 2. The third-order valence-electron chi connectivity index (χ3n) is 2.47. The summed E-state index contributed by atoms with van der Waals surface area (Å²) in [5, 5.41) is 0. The second kappa shape index (κ2) is 3.74. The predicted octanol–water partition coefficient (Wildman–Crippen LogP) is 2.29. The Morgan fingerprint density at radius 2 is 2.21 bits per heavy atom. The molecule has 0 aliphatic heterocycles. The highest BCUT2D eigenvalue weighted by molar-refractivity contribution is 5.47. The van der Waals surface area contributed by atoms with Crippen LogP contribution in [0.2, 0.25) is 0 Å². The lowest BCUT2D eigenvalue weighted by Gasteiger charge is -2.17. The Bertz CT molecular complexity index is 369. The van der Waals surface area contributed by atoms with Gasteiger partial charge in [0.05, 0.1) is 12.4 Å². The highest BCUT2D eigenvalue weighted by Gasteiger charge is 2.11. The van der Waals surface area contributed by atoms with Crippen LogP contribution in [0.3, 0.4) is 0 Å². The van der Waals surface area contributed by atoms with E-state index in [2.05, 4.69) is 18.2 Å². The summed E-state index contributed by atoms with van der Waals surface area (Å²) in [7, 11) is 0. The highest BCUT2D eigenvalue weighted by Crippen LogP contribution is 2.23. The van der Waals surface area contributed by atoms with Crippen LogP contribution >= 0.6 is 0 Å². The van der Waals surface area contributed by atoms with Gasteiger partial charge in [-0.1, -0.05) is 6.07 Å². The van der Waals surface area contributed by atoms with Crippen LogP contribution in [0.4, 0.5) is 5.69 Å². The molecular formula is C12H15NO. The minimum atomic E-state index is 0.746. The summed E-state index contributed by atoms with van der Waals surface area (Å²) in [6.45, 7) is 2.76. The Balaban J connectivity index is 2.21. The minimum absolute atomic E-state index is 0.746. The van der Waals surface area contributed by atoms with Gasteiger partial charge < -0.3 is 10.5 Å². The van der Waals surface area contributed by atoms with Crippen molar-refractivity contribution in [2.45, 2.75) is 19.8 Å². The second-order valence-corrected chi connectivity index (χ2v) is 3.51. The molecule has 0 radical (unpaired) electrons. The Kier molecular flexibility index (Phi) is 2.44. The van der Waals surface area contributed by atoms with Crippen LogP contribution in [0.1, 0.15) is 18.1 Å². The van der Waals surface area contributed by atoms with Gasteiger partial charge in [-0.15, -0.1) is 0 Å². The lowest BCUT2D eigenvalue weighted by Crippen LogP contribution is -2.06. The number of fused-ring (bicyclic) bond motifs is 1. The molecule has 74 valence electrons. The monoisotopic (exact) mass is 189 g/mol. The molecule has 0 bridgehead atoms. The zero-order valence-corrected chi connectivity index (χ0v) is 8.42. The summed E-state index contributed by atoms with van der Waals surface area (Å²) >= 11 is 0. The average Bonchev–Trinajstić information content (AvgIpc) is 2.19. The molecular weight excluding hydrogens is 174 g/mol. The standard InChI is InChI=1S/C12H15NO/c1-2-14-12-6-4-9-7-11(13)5-3-10(9)8-12/h3,5-7H,2,4,8,13H2,1H3. The van der Waals surface area contributed by atoms with Gasteiger partial charge in [0.25, 0.3) is 0 Å². The van der Waals surface area contributed by atoms with Gasteiger partial charge in [0.15, 0.2) is 0 Å². The van der Waals surface area contributed by atoms with Crippen LogP contribution < -0.4 is 5.73 Å². The lowest BCUT2D eigenvalue weighted by atomic mass is 9.95. The third kappa shape index (κ3) is 1.74. The Morgan fingerprint density at radius 1 is 1.36 bits per heavy atom. The average molecular weight is 189 g/mol. The van der Waals surface area contributed by atoms with Crippen molar-refractivity contribution in [3.63, 3.8) is 0 Å². The predicted molar refractivity (Wildman–Crippen MR) is 58.0 cm³/mol. The summed E-state index contributed by atoms with van der Waals surface area (Å²) in [5.74, 6) is 1.09. The number of hydrogen-bond donors (Lipinski definition) is 1. The Labute approximate surface area is 84.4 Å². The number of nitrogens with two attached hydrogens (primary N) is 1. The van der Waals surface area contributed by atoms with E-state index in [-0.39, 0.29) is 0 Å². The summed E-state index contributed by atoms with van der Waals surface area (Å²) in [6.07, 6.45) is 3.99. The smallest absolute Gasteiger partial charge is 0.0967 e. The van der Waals surface area contributed by atoms with Crippen molar-refractivity contribution in [3.05, 3.63) is 41.2 Å². The van der Waals surface area contributed by atoms with E-state index in [1.165, 1.54) is 11.1 Å². The van der Waals surface area contributed by atoms with Gasteiger partial charge in [0, 0.05) is 12.1 Å². The van der Waals surface area contributed by atoms with Crippen LogP contribution in [0, 0.1) is 0 Å². The molecule has 1 aliphatic rings. The van der Waals surface area contributed by atoms with E-state index in [0.717, 1.165) is 30.9 Å². The molecule has 0 aromatic heterocycles. The summed E-state index contributed by atoms with van der Waals surface area (Å²) in [6, 6.07) is 6.10. The molecule has 0 spiro atoms. The molecule has 1 aromatic rings. The summed E-state index contributed by atoms with van der Waals surface area (Å²) in [4.78, 5) is 0. The van der Waals surface area contributed by atoms with Crippen LogP contribution in [0.5, 0.6) is 0 Å². The number of rotatable bonds is 2. The molecule has 1 aromatic carbocycles.